The molecule has 0 fully saturated rings. The Morgan fingerprint density at radius 1 is 1.17 bits per heavy atom. The summed E-state index contributed by atoms with van der Waals surface area (Å²) in [6.45, 7) is 2.91. The Hall–Kier alpha value is -2.73. The van der Waals surface area contributed by atoms with Crippen LogP contribution in [-0.4, -0.2) is 50.1 Å². The molecule has 0 aliphatic rings. The zero-order valence-electron chi connectivity index (χ0n) is 13.6. The van der Waals surface area contributed by atoms with E-state index in [0.29, 0.717) is 24.5 Å². The highest BCUT2D eigenvalue weighted by molar-refractivity contribution is 5.94. The van der Waals surface area contributed by atoms with Crippen molar-refractivity contribution in [2.75, 3.05) is 19.7 Å². The SMILES string of the molecule is CCCN(CCO)C(=O)c1ccc(-n2cnc3ccccc32)nc1. The van der Waals surface area contributed by atoms with Gasteiger partial charge in [0.25, 0.3) is 5.91 Å². The molecular formula is C18H20N4O2. The van der Waals surface area contributed by atoms with Crippen molar-refractivity contribution in [3.8, 4) is 5.82 Å². The molecule has 1 N–H and O–H groups in total. The summed E-state index contributed by atoms with van der Waals surface area (Å²) >= 11 is 0. The highest BCUT2D eigenvalue weighted by Gasteiger charge is 2.15. The second-order valence-corrected chi connectivity index (χ2v) is 5.52. The molecule has 6 nitrogen and oxygen atoms in total. The maximum Gasteiger partial charge on any atom is 0.255 e. The van der Waals surface area contributed by atoms with Gasteiger partial charge in [-0.1, -0.05) is 19.1 Å². The Labute approximate surface area is 140 Å². The topological polar surface area (TPSA) is 71.2 Å². The van der Waals surface area contributed by atoms with Gasteiger partial charge in [0.05, 0.1) is 23.2 Å². The fourth-order valence-electron chi connectivity index (χ4n) is 2.68. The number of nitrogens with zero attached hydrogens (tertiary/aromatic N) is 4. The first kappa shape index (κ1) is 16.1. The standard InChI is InChI=1S/C18H20N4O2/c1-2-9-21(10-11-23)18(24)14-7-8-17(19-12-14)22-13-20-15-5-3-4-6-16(15)22/h3-8,12-13,23H,2,9-11H2,1H3. The molecule has 0 radical (unpaired) electrons. The van der Waals surface area contributed by atoms with Crippen molar-refractivity contribution in [2.45, 2.75) is 13.3 Å². The van der Waals surface area contributed by atoms with Crippen LogP contribution in [0.3, 0.4) is 0 Å². The highest BCUT2D eigenvalue weighted by Crippen LogP contribution is 2.17. The molecule has 0 saturated carbocycles. The summed E-state index contributed by atoms with van der Waals surface area (Å²) in [5.74, 6) is 0.602. The maximum atomic E-state index is 12.5. The summed E-state index contributed by atoms with van der Waals surface area (Å²) in [5, 5.41) is 9.11. The summed E-state index contributed by atoms with van der Waals surface area (Å²) in [6.07, 6.45) is 4.15. The number of carbonyl (C=O) groups is 1. The molecule has 0 aliphatic heterocycles. The lowest BCUT2D eigenvalue weighted by Gasteiger charge is -2.21. The first-order chi connectivity index (χ1) is 11.7. The van der Waals surface area contributed by atoms with Gasteiger partial charge in [0.15, 0.2) is 0 Å². The quantitative estimate of drug-likeness (QED) is 0.755. The number of hydrogen-bond acceptors (Lipinski definition) is 4. The normalized spacial score (nSPS) is 10.9. The van der Waals surface area contributed by atoms with Crippen LogP contribution in [0.25, 0.3) is 16.9 Å². The number of aromatic nitrogens is 3. The molecule has 1 amide bonds. The van der Waals surface area contributed by atoms with E-state index in [-0.39, 0.29) is 12.5 Å². The molecule has 24 heavy (non-hydrogen) atoms. The second kappa shape index (κ2) is 7.23. The van der Waals surface area contributed by atoms with Crippen LogP contribution in [0, 0.1) is 0 Å². The minimum atomic E-state index is -0.111. The van der Waals surface area contributed by atoms with Crippen LogP contribution < -0.4 is 0 Å². The molecule has 0 aliphatic carbocycles. The number of benzene rings is 1. The van der Waals surface area contributed by atoms with Gasteiger partial charge in [-0.15, -0.1) is 0 Å². The maximum absolute atomic E-state index is 12.5. The fraction of sp³-hybridized carbons (Fsp3) is 0.278. The number of hydrogen-bond donors (Lipinski definition) is 1. The molecule has 6 heteroatoms. The monoisotopic (exact) mass is 324 g/mol. The zero-order chi connectivity index (χ0) is 16.9. The van der Waals surface area contributed by atoms with E-state index >= 15 is 0 Å². The van der Waals surface area contributed by atoms with E-state index in [1.54, 1.807) is 23.5 Å². The van der Waals surface area contributed by atoms with E-state index in [4.69, 9.17) is 5.11 Å². The number of amides is 1. The fourth-order valence-corrected chi connectivity index (χ4v) is 2.68. The van der Waals surface area contributed by atoms with Gasteiger partial charge in [-0.3, -0.25) is 9.36 Å². The third kappa shape index (κ3) is 3.14. The number of rotatable bonds is 6. The van der Waals surface area contributed by atoms with Crippen LogP contribution in [0.1, 0.15) is 23.7 Å². The van der Waals surface area contributed by atoms with Crippen molar-refractivity contribution >= 4 is 16.9 Å². The molecule has 2 aromatic heterocycles. The molecule has 0 saturated heterocycles. The zero-order valence-corrected chi connectivity index (χ0v) is 13.6. The molecule has 124 valence electrons. The lowest BCUT2D eigenvalue weighted by molar-refractivity contribution is 0.0721. The third-order valence-corrected chi connectivity index (χ3v) is 3.85. The van der Waals surface area contributed by atoms with Crippen LogP contribution in [0.15, 0.2) is 48.9 Å². The molecule has 0 bridgehead atoms. The third-order valence-electron chi connectivity index (χ3n) is 3.85. The van der Waals surface area contributed by atoms with Gasteiger partial charge in [-0.25, -0.2) is 9.97 Å². The molecule has 0 unspecified atom stereocenters. The number of pyridine rings is 1. The molecule has 3 aromatic rings. The molecule has 1 aromatic carbocycles. The van der Waals surface area contributed by atoms with E-state index in [9.17, 15) is 4.79 Å². The molecule has 0 atom stereocenters. The van der Waals surface area contributed by atoms with Crippen molar-refractivity contribution in [3.05, 3.63) is 54.5 Å². The van der Waals surface area contributed by atoms with E-state index in [1.165, 1.54) is 0 Å². The predicted octanol–water partition coefficient (Wildman–Crippen LogP) is 2.27. The Balaban J connectivity index is 1.86. The Bertz CT molecular complexity index is 820. The van der Waals surface area contributed by atoms with Crippen molar-refractivity contribution in [1.29, 1.82) is 0 Å². The summed E-state index contributed by atoms with van der Waals surface area (Å²) < 4.78 is 1.89. The number of fused-ring (bicyclic) bond motifs is 1. The van der Waals surface area contributed by atoms with E-state index < -0.39 is 0 Å². The first-order valence-corrected chi connectivity index (χ1v) is 8.03. The van der Waals surface area contributed by atoms with E-state index in [0.717, 1.165) is 17.5 Å². The second-order valence-electron chi connectivity index (χ2n) is 5.52. The first-order valence-electron chi connectivity index (χ1n) is 8.03. The average Bonchev–Trinajstić information content (AvgIpc) is 3.05. The number of imidazole rings is 1. The van der Waals surface area contributed by atoms with Crippen LogP contribution in [0.2, 0.25) is 0 Å². The summed E-state index contributed by atoms with van der Waals surface area (Å²) in [6, 6.07) is 11.4. The predicted molar refractivity (Wildman–Crippen MR) is 92.1 cm³/mol. The van der Waals surface area contributed by atoms with Gasteiger partial charge in [0, 0.05) is 19.3 Å². The van der Waals surface area contributed by atoms with Crippen molar-refractivity contribution in [3.63, 3.8) is 0 Å². The van der Waals surface area contributed by atoms with Crippen LogP contribution in [0.5, 0.6) is 0 Å². The highest BCUT2D eigenvalue weighted by atomic mass is 16.3. The smallest absolute Gasteiger partial charge is 0.255 e. The largest absolute Gasteiger partial charge is 0.395 e. The summed E-state index contributed by atoms with van der Waals surface area (Å²) in [7, 11) is 0. The number of para-hydroxylation sites is 2. The molecule has 2 heterocycles. The number of aliphatic hydroxyl groups excluding tert-OH is 1. The number of carbonyl (C=O) groups excluding carboxylic acids is 1. The summed E-state index contributed by atoms with van der Waals surface area (Å²) in [4.78, 5) is 22.9. The summed E-state index contributed by atoms with van der Waals surface area (Å²) in [5.41, 5.74) is 2.39. The van der Waals surface area contributed by atoms with Gasteiger partial charge in [0.2, 0.25) is 0 Å². The lowest BCUT2D eigenvalue weighted by atomic mass is 10.2. The van der Waals surface area contributed by atoms with Crippen LogP contribution in [0.4, 0.5) is 0 Å². The lowest BCUT2D eigenvalue weighted by Crippen LogP contribution is -2.34. The van der Waals surface area contributed by atoms with E-state index in [2.05, 4.69) is 9.97 Å². The molecular weight excluding hydrogens is 304 g/mol. The Kier molecular flexibility index (Phi) is 4.86. The number of aliphatic hydroxyl groups is 1. The van der Waals surface area contributed by atoms with Gasteiger partial charge >= 0.3 is 0 Å². The molecule has 0 spiro atoms. The molecule has 3 rings (SSSR count). The van der Waals surface area contributed by atoms with Crippen molar-refractivity contribution < 1.29 is 9.90 Å². The van der Waals surface area contributed by atoms with Crippen molar-refractivity contribution in [2.24, 2.45) is 0 Å². The van der Waals surface area contributed by atoms with Gasteiger partial charge < -0.3 is 10.0 Å². The van der Waals surface area contributed by atoms with Crippen LogP contribution in [-0.2, 0) is 0 Å². The van der Waals surface area contributed by atoms with Crippen molar-refractivity contribution in [1.82, 2.24) is 19.4 Å². The van der Waals surface area contributed by atoms with Gasteiger partial charge in [-0.05, 0) is 30.7 Å². The Morgan fingerprint density at radius 3 is 2.71 bits per heavy atom. The van der Waals surface area contributed by atoms with Gasteiger partial charge in [0.1, 0.15) is 12.1 Å². The Morgan fingerprint density at radius 2 is 2.00 bits per heavy atom. The minimum absolute atomic E-state index is 0.0434. The average molecular weight is 324 g/mol. The minimum Gasteiger partial charge on any atom is -0.395 e. The van der Waals surface area contributed by atoms with Gasteiger partial charge in [-0.2, -0.15) is 0 Å². The van der Waals surface area contributed by atoms with E-state index in [1.807, 2.05) is 41.8 Å². The van der Waals surface area contributed by atoms with Crippen LogP contribution >= 0.6 is 0 Å².